The summed E-state index contributed by atoms with van der Waals surface area (Å²) in [5, 5.41) is 14.5. The van der Waals surface area contributed by atoms with Crippen molar-refractivity contribution in [2.24, 2.45) is 5.92 Å². The SMILES string of the molecule is CC(NC(=O)CNC1CC1)C(C)C(=O)O. The first-order chi connectivity index (χ1) is 7.00. The molecule has 0 radical (unpaired) electrons. The van der Waals surface area contributed by atoms with Crippen LogP contribution in [-0.4, -0.2) is 35.6 Å². The van der Waals surface area contributed by atoms with Gasteiger partial charge in [-0.2, -0.15) is 0 Å². The van der Waals surface area contributed by atoms with Crippen molar-refractivity contribution in [1.82, 2.24) is 10.6 Å². The molecule has 0 bridgehead atoms. The number of carbonyl (C=O) groups is 2. The summed E-state index contributed by atoms with van der Waals surface area (Å²) in [6.45, 7) is 3.57. The number of rotatable bonds is 6. The second kappa shape index (κ2) is 5.11. The average Bonchev–Trinajstić information content (AvgIpc) is 2.96. The maximum atomic E-state index is 11.3. The maximum Gasteiger partial charge on any atom is 0.308 e. The zero-order valence-electron chi connectivity index (χ0n) is 9.12. The Morgan fingerprint density at radius 1 is 1.40 bits per heavy atom. The highest BCUT2D eigenvalue weighted by atomic mass is 16.4. The van der Waals surface area contributed by atoms with E-state index >= 15 is 0 Å². The number of hydrogen-bond acceptors (Lipinski definition) is 3. The van der Waals surface area contributed by atoms with Crippen LogP contribution >= 0.6 is 0 Å². The van der Waals surface area contributed by atoms with Crippen molar-refractivity contribution in [2.45, 2.75) is 38.8 Å². The molecule has 1 fully saturated rings. The van der Waals surface area contributed by atoms with Crippen LogP contribution in [0.1, 0.15) is 26.7 Å². The average molecular weight is 214 g/mol. The van der Waals surface area contributed by atoms with Gasteiger partial charge in [0.25, 0.3) is 0 Å². The smallest absolute Gasteiger partial charge is 0.308 e. The normalized spacial score (nSPS) is 19.3. The summed E-state index contributed by atoms with van der Waals surface area (Å²) >= 11 is 0. The number of aliphatic carboxylic acids is 1. The minimum absolute atomic E-state index is 0.137. The molecular formula is C10H18N2O3. The molecule has 1 aliphatic rings. The van der Waals surface area contributed by atoms with E-state index in [2.05, 4.69) is 10.6 Å². The molecule has 86 valence electrons. The Morgan fingerprint density at radius 3 is 2.47 bits per heavy atom. The molecule has 0 heterocycles. The molecule has 0 saturated heterocycles. The summed E-state index contributed by atoms with van der Waals surface area (Å²) in [6, 6.07) is 0.152. The van der Waals surface area contributed by atoms with Crippen molar-refractivity contribution in [3.8, 4) is 0 Å². The highest BCUT2D eigenvalue weighted by molar-refractivity contribution is 5.79. The highest BCUT2D eigenvalue weighted by Gasteiger charge is 2.23. The number of amides is 1. The molecule has 3 N–H and O–H groups in total. The fourth-order valence-electron chi connectivity index (χ4n) is 1.17. The summed E-state index contributed by atoms with van der Waals surface area (Å²) in [7, 11) is 0. The lowest BCUT2D eigenvalue weighted by molar-refractivity contribution is -0.142. The summed E-state index contributed by atoms with van der Waals surface area (Å²) < 4.78 is 0. The molecule has 0 aliphatic heterocycles. The minimum Gasteiger partial charge on any atom is -0.481 e. The van der Waals surface area contributed by atoms with Gasteiger partial charge in [0, 0.05) is 12.1 Å². The third-order valence-corrected chi connectivity index (χ3v) is 2.66. The zero-order chi connectivity index (χ0) is 11.4. The second-order valence-corrected chi connectivity index (χ2v) is 4.14. The van der Waals surface area contributed by atoms with Crippen molar-refractivity contribution in [2.75, 3.05) is 6.54 Å². The van der Waals surface area contributed by atoms with Crippen LogP contribution in [0.5, 0.6) is 0 Å². The number of carboxylic acid groups (broad SMARTS) is 1. The molecule has 5 nitrogen and oxygen atoms in total. The third-order valence-electron chi connectivity index (χ3n) is 2.66. The lowest BCUT2D eigenvalue weighted by Crippen LogP contribution is -2.44. The fraction of sp³-hybridized carbons (Fsp3) is 0.800. The largest absolute Gasteiger partial charge is 0.481 e. The van der Waals surface area contributed by atoms with Crippen LogP contribution < -0.4 is 10.6 Å². The maximum absolute atomic E-state index is 11.3. The third kappa shape index (κ3) is 4.29. The summed E-state index contributed by atoms with van der Waals surface area (Å²) in [5.41, 5.74) is 0. The zero-order valence-corrected chi connectivity index (χ0v) is 9.12. The lowest BCUT2D eigenvalue weighted by atomic mass is 10.0. The van der Waals surface area contributed by atoms with E-state index in [-0.39, 0.29) is 18.5 Å². The van der Waals surface area contributed by atoms with E-state index in [1.54, 1.807) is 13.8 Å². The predicted molar refractivity (Wildman–Crippen MR) is 55.4 cm³/mol. The van der Waals surface area contributed by atoms with Crippen molar-refractivity contribution in [3.63, 3.8) is 0 Å². The van der Waals surface area contributed by atoms with Crippen LogP contribution in [0.2, 0.25) is 0 Å². The molecule has 1 rings (SSSR count). The lowest BCUT2D eigenvalue weighted by Gasteiger charge is -2.17. The Balaban J connectivity index is 2.20. The number of hydrogen-bond donors (Lipinski definition) is 3. The van der Waals surface area contributed by atoms with E-state index in [0.717, 1.165) is 12.8 Å². The van der Waals surface area contributed by atoms with E-state index in [0.29, 0.717) is 6.04 Å². The highest BCUT2D eigenvalue weighted by Crippen LogP contribution is 2.17. The van der Waals surface area contributed by atoms with Crippen LogP contribution in [0.15, 0.2) is 0 Å². The molecule has 0 aromatic carbocycles. The first-order valence-corrected chi connectivity index (χ1v) is 5.26. The molecule has 1 saturated carbocycles. The molecule has 0 spiro atoms. The van der Waals surface area contributed by atoms with Gasteiger partial charge in [0.2, 0.25) is 5.91 Å². The van der Waals surface area contributed by atoms with Crippen LogP contribution in [-0.2, 0) is 9.59 Å². The van der Waals surface area contributed by atoms with E-state index in [9.17, 15) is 9.59 Å². The van der Waals surface area contributed by atoms with Gasteiger partial charge in [0.1, 0.15) is 0 Å². The van der Waals surface area contributed by atoms with Gasteiger partial charge in [-0.25, -0.2) is 0 Å². The molecule has 2 unspecified atom stereocenters. The van der Waals surface area contributed by atoms with Crippen molar-refractivity contribution >= 4 is 11.9 Å². The Labute approximate surface area is 89.2 Å². The first kappa shape index (κ1) is 12.0. The molecule has 1 amide bonds. The number of carboxylic acids is 1. The van der Waals surface area contributed by atoms with Gasteiger partial charge in [-0.1, -0.05) is 0 Å². The second-order valence-electron chi connectivity index (χ2n) is 4.14. The summed E-state index contributed by atoms with van der Waals surface area (Å²) in [4.78, 5) is 22.0. The fourth-order valence-corrected chi connectivity index (χ4v) is 1.17. The Hall–Kier alpha value is -1.10. The van der Waals surface area contributed by atoms with Gasteiger partial charge < -0.3 is 15.7 Å². The molecule has 0 aromatic rings. The van der Waals surface area contributed by atoms with E-state index in [4.69, 9.17) is 5.11 Å². The van der Waals surface area contributed by atoms with E-state index in [1.165, 1.54) is 0 Å². The number of nitrogens with one attached hydrogen (secondary N) is 2. The molecule has 2 atom stereocenters. The van der Waals surface area contributed by atoms with Crippen LogP contribution in [0.3, 0.4) is 0 Å². The summed E-state index contributed by atoms with van der Waals surface area (Å²) in [6.07, 6.45) is 2.27. The van der Waals surface area contributed by atoms with E-state index in [1.807, 2.05) is 0 Å². The molecule has 0 aromatic heterocycles. The van der Waals surface area contributed by atoms with Gasteiger partial charge in [-0.3, -0.25) is 9.59 Å². The van der Waals surface area contributed by atoms with Crippen LogP contribution in [0.4, 0.5) is 0 Å². The molecular weight excluding hydrogens is 196 g/mol. The molecule has 5 heteroatoms. The number of carbonyl (C=O) groups excluding carboxylic acids is 1. The Morgan fingerprint density at radius 2 is 2.00 bits per heavy atom. The molecule has 1 aliphatic carbocycles. The quantitative estimate of drug-likeness (QED) is 0.580. The van der Waals surface area contributed by atoms with Crippen LogP contribution in [0.25, 0.3) is 0 Å². The first-order valence-electron chi connectivity index (χ1n) is 5.26. The summed E-state index contributed by atoms with van der Waals surface area (Å²) in [5.74, 6) is -1.59. The van der Waals surface area contributed by atoms with Crippen molar-refractivity contribution < 1.29 is 14.7 Å². The van der Waals surface area contributed by atoms with Gasteiger partial charge in [-0.15, -0.1) is 0 Å². The van der Waals surface area contributed by atoms with Crippen molar-refractivity contribution in [3.05, 3.63) is 0 Å². The monoisotopic (exact) mass is 214 g/mol. The standard InChI is InChI=1S/C10H18N2O3/c1-6(10(14)15)7(2)12-9(13)5-11-8-3-4-8/h6-8,11H,3-5H2,1-2H3,(H,12,13)(H,14,15). The van der Waals surface area contributed by atoms with Gasteiger partial charge >= 0.3 is 5.97 Å². The Bertz CT molecular complexity index is 251. The molecule has 15 heavy (non-hydrogen) atoms. The van der Waals surface area contributed by atoms with Gasteiger partial charge in [0.05, 0.1) is 12.5 Å². The van der Waals surface area contributed by atoms with Crippen LogP contribution in [0, 0.1) is 5.92 Å². The van der Waals surface area contributed by atoms with Gasteiger partial charge in [0.15, 0.2) is 0 Å². The van der Waals surface area contributed by atoms with E-state index < -0.39 is 11.9 Å². The van der Waals surface area contributed by atoms with Crippen molar-refractivity contribution in [1.29, 1.82) is 0 Å². The topological polar surface area (TPSA) is 78.4 Å². The van der Waals surface area contributed by atoms with Gasteiger partial charge in [-0.05, 0) is 26.7 Å². The minimum atomic E-state index is -0.891. The predicted octanol–water partition coefficient (Wildman–Crippen LogP) is -0.0362. The Kier molecular flexibility index (Phi) is 4.08.